The number of Topliss-reactive ketones (excluding diaryl/α,β-unsaturated/α-hetero) is 1. The molecule has 0 saturated heterocycles. The zero-order valence-corrected chi connectivity index (χ0v) is 9.43. The Kier molecular flexibility index (Phi) is 3.16. The van der Waals surface area contributed by atoms with Crippen LogP contribution in [0.4, 0.5) is 4.39 Å². The maximum Gasteiger partial charge on any atom is 0.352 e. The molecule has 15 heavy (non-hydrogen) atoms. The van der Waals surface area contributed by atoms with Crippen LogP contribution in [0.1, 0.15) is 46.5 Å². The number of hydrogen-bond acceptors (Lipinski definition) is 3. The Morgan fingerprint density at radius 3 is 2.47 bits per heavy atom. The van der Waals surface area contributed by atoms with Gasteiger partial charge in [0.25, 0.3) is 5.67 Å². The Balaban J connectivity index is 2.76. The van der Waals surface area contributed by atoms with Gasteiger partial charge in [0.05, 0.1) is 0 Å². The first-order valence-corrected chi connectivity index (χ1v) is 5.21. The van der Waals surface area contributed by atoms with Gasteiger partial charge in [0.15, 0.2) is 5.78 Å². The first kappa shape index (κ1) is 12.1. The number of ether oxygens (including phenoxy) is 1. The van der Waals surface area contributed by atoms with Gasteiger partial charge in [-0.25, -0.2) is 9.18 Å². The molecule has 0 unspecified atom stereocenters. The average Bonchev–Trinajstić information content (AvgIpc) is 2.07. The molecule has 1 rings (SSSR count). The van der Waals surface area contributed by atoms with E-state index in [4.69, 9.17) is 4.74 Å². The van der Waals surface area contributed by atoms with Gasteiger partial charge >= 0.3 is 5.97 Å². The van der Waals surface area contributed by atoms with Gasteiger partial charge in [-0.1, -0.05) is 0 Å². The van der Waals surface area contributed by atoms with Crippen LogP contribution < -0.4 is 0 Å². The topological polar surface area (TPSA) is 43.4 Å². The molecule has 1 saturated carbocycles. The molecule has 3 nitrogen and oxygen atoms in total. The first-order chi connectivity index (χ1) is 6.76. The Labute approximate surface area is 89.0 Å². The minimum Gasteiger partial charge on any atom is -0.457 e. The van der Waals surface area contributed by atoms with Gasteiger partial charge in [0.2, 0.25) is 0 Å². The van der Waals surface area contributed by atoms with E-state index in [1.165, 1.54) is 0 Å². The van der Waals surface area contributed by atoms with Gasteiger partial charge < -0.3 is 4.74 Å². The molecule has 1 fully saturated rings. The van der Waals surface area contributed by atoms with Crippen molar-refractivity contribution in [3.8, 4) is 0 Å². The van der Waals surface area contributed by atoms with Crippen molar-refractivity contribution in [3.63, 3.8) is 0 Å². The number of alkyl halides is 1. The second kappa shape index (κ2) is 3.91. The first-order valence-electron chi connectivity index (χ1n) is 5.21. The molecule has 86 valence electrons. The summed E-state index contributed by atoms with van der Waals surface area (Å²) in [5.41, 5.74) is -3.15. The third-order valence-corrected chi connectivity index (χ3v) is 2.34. The van der Waals surface area contributed by atoms with Gasteiger partial charge in [0.1, 0.15) is 5.60 Å². The van der Waals surface area contributed by atoms with Crippen LogP contribution in [0.5, 0.6) is 0 Å². The van der Waals surface area contributed by atoms with E-state index in [9.17, 15) is 14.0 Å². The van der Waals surface area contributed by atoms with E-state index in [2.05, 4.69) is 0 Å². The Bertz CT molecular complexity index is 280. The standard InChI is InChI=1S/C11H17FO3/c1-10(2,3)15-9(14)11(12)7-5-4-6-8(11)13/h4-7H2,1-3H3/t11-/m0/s1. The molecule has 0 spiro atoms. The molecule has 0 amide bonds. The lowest BCUT2D eigenvalue weighted by atomic mass is 9.85. The van der Waals surface area contributed by atoms with E-state index in [1.54, 1.807) is 20.8 Å². The van der Waals surface area contributed by atoms with E-state index < -0.39 is 23.0 Å². The molecule has 0 bridgehead atoms. The second-order valence-corrected chi connectivity index (χ2v) is 4.93. The summed E-state index contributed by atoms with van der Waals surface area (Å²) in [5, 5.41) is 0. The molecule has 0 aromatic rings. The van der Waals surface area contributed by atoms with Gasteiger partial charge in [-0.05, 0) is 40.0 Å². The minimum absolute atomic E-state index is 0.0409. The fourth-order valence-electron chi connectivity index (χ4n) is 1.57. The molecule has 0 N–H and O–H groups in total. The predicted octanol–water partition coefficient (Wildman–Crippen LogP) is 2.18. The fourth-order valence-corrected chi connectivity index (χ4v) is 1.57. The van der Waals surface area contributed by atoms with E-state index >= 15 is 0 Å². The third-order valence-electron chi connectivity index (χ3n) is 2.34. The quantitative estimate of drug-likeness (QED) is 0.498. The molecule has 0 aromatic carbocycles. The average molecular weight is 216 g/mol. The molecule has 1 aliphatic carbocycles. The molecule has 0 radical (unpaired) electrons. The molecular weight excluding hydrogens is 199 g/mol. The Hall–Kier alpha value is -0.930. The molecular formula is C11H17FO3. The van der Waals surface area contributed by atoms with Gasteiger partial charge in [-0.15, -0.1) is 0 Å². The van der Waals surface area contributed by atoms with Gasteiger partial charge in [-0.3, -0.25) is 4.79 Å². The smallest absolute Gasteiger partial charge is 0.352 e. The van der Waals surface area contributed by atoms with Crippen LogP contribution in [0.15, 0.2) is 0 Å². The van der Waals surface area contributed by atoms with Crippen molar-refractivity contribution in [2.45, 2.75) is 57.7 Å². The zero-order valence-electron chi connectivity index (χ0n) is 9.43. The SMILES string of the molecule is CC(C)(C)OC(=O)[C@]1(F)CCCCC1=O. The van der Waals surface area contributed by atoms with E-state index in [1.807, 2.05) is 0 Å². The maximum atomic E-state index is 14.1. The zero-order chi connectivity index (χ0) is 11.7. The Morgan fingerprint density at radius 1 is 1.40 bits per heavy atom. The molecule has 4 heteroatoms. The molecule has 1 atom stereocenters. The minimum atomic E-state index is -2.40. The monoisotopic (exact) mass is 216 g/mol. The maximum absolute atomic E-state index is 14.1. The largest absolute Gasteiger partial charge is 0.457 e. The van der Waals surface area contributed by atoms with Crippen LogP contribution in [-0.2, 0) is 14.3 Å². The summed E-state index contributed by atoms with van der Waals surface area (Å²) >= 11 is 0. The van der Waals surface area contributed by atoms with Crippen molar-refractivity contribution < 1.29 is 18.7 Å². The summed E-state index contributed by atoms with van der Waals surface area (Å²) in [5.74, 6) is -1.66. The van der Waals surface area contributed by atoms with E-state index in [0.717, 1.165) is 0 Å². The number of carbonyl (C=O) groups is 2. The van der Waals surface area contributed by atoms with Crippen molar-refractivity contribution in [3.05, 3.63) is 0 Å². The van der Waals surface area contributed by atoms with Crippen LogP contribution in [0, 0.1) is 0 Å². The van der Waals surface area contributed by atoms with Crippen LogP contribution in [0.25, 0.3) is 0 Å². The highest BCUT2D eigenvalue weighted by molar-refractivity contribution is 6.07. The second-order valence-electron chi connectivity index (χ2n) is 4.93. The van der Waals surface area contributed by atoms with Gasteiger partial charge in [-0.2, -0.15) is 0 Å². The van der Waals surface area contributed by atoms with Crippen molar-refractivity contribution in [2.24, 2.45) is 0 Å². The molecule has 1 aliphatic rings. The molecule has 0 aliphatic heterocycles. The summed E-state index contributed by atoms with van der Waals surface area (Å²) < 4.78 is 19.0. The third kappa shape index (κ3) is 2.76. The number of rotatable bonds is 1. The highest BCUT2D eigenvalue weighted by Gasteiger charge is 2.49. The molecule has 0 heterocycles. The lowest BCUT2D eigenvalue weighted by Crippen LogP contribution is -2.47. The van der Waals surface area contributed by atoms with Crippen LogP contribution in [-0.4, -0.2) is 23.0 Å². The normalized spacial score (nSPS) is 27.6. The van der Waals surface area contributed by atoms with E-state index in [0.29, 0.717) is 12.8 Å². The summed E-state index contributed by atoms with van der Waals surface area (Å²) in [6.07, 6.45) is 1.31. The summed E-state index contributed by atoms with van der Waals surface area (Å²) in [6, 6.07) is 0. The molecule has 0 aromatic heterocycles. The number of carbonyl (C=O) groups excluding carboxylic acids is 2. The number of ketones is 1. The van der Waals surface area contributed by atoms with Crippen molar-refractivity contribution in [1.82, 2.24) is 0 Å². The van der Waals surface area contributed by atoms with Crippen molar-refractivity contribution >= 4 is 11.8 Å². The predicted molar refractivity (Wildman–Crippen MR) is 53.2 cm³/mol. The lowest BCUT2D eigenvalue weighted by Gasteiger charge is -2.29. The fraction of sp³-hybridized carbons (Fsp3) is 0.818. The van der Waals surface area contributed by atoms with Crippen LogP contribution >= 0.6 is 0 Å². The van der Waals surface area contributed by atoms with Gasteiger partial charge in [0, 0.05) is 6.42 Å². The van der Waals surface area contributed by atoms with E-state index in [-0.39, 0.29) is 12.8 Å². The Morgan fingerprint density at radius 2 is 2.00 bits per heavy atom. The summed E-state index contributed by atoms with van der Waals surface area (Å²) in [6.45, 7) is 4.96. The highest BCUT2D eigenvalue weighted by Crippen LogP contribution is 2.31. The number of halogens is 1. The van der Waals surface area contributed by atoms with Crippen LogP contribution in [0.3, 0.4) is 0 Å². The van der Waals surface area contributed by atoms with Crippen LogP contribution in [0.2, 0.25) is 0 Å². The van der Waals surface area contributed by atoms with Crippen molar-refractivity contribution in [1.29, 1.82) is 0 Å². The number of hydrogen-bond donors (Lipinski definition) is 0. The lowest BCUT2D eigenvalue weighted by molar-refractivity contribution is -0.174. The summed E-state index contributed by atoms with van der Waals surface area (Å²) in [4.78, 5) is 22.9. The number of esters is 1. The summed E-state index contributed by atoms with van der Waals surface area (Å²) in [7, 11) is 0. The van der Waals surface area contributed by atoms with Crippen molar-refractivity contribution in [2.75, 3.05) is 0 Å². The highest BCUT2D eigenvalue weighted by atomic mass is 19.1.